The van der Waals surface area contributed by atoms with E-state index in [1.165, 1.54) is 0 Å². The number of carbonyl (C=O) groups excluding carboxylic acids is 1. The summed E-state index contributed by atoms with van der Waals surface area (Å²) in [5.41, 5.74) is -0.339. The molecule has 0 saturated heterocycles. The summed E-state index contributed by atoms with van der Waals surface area (Å²) >= 11 is 0. The second-order valence-electron chi connectivity index (χ2n) is 4.25. The van der Waals surface area contributed by atoms with Gasteiger partial charge in [-0.1, -0.05) is 0 Å². The number of amides is 2. The molecule has 0 aliphatic heterocycles. The van der Waals surface area contributed by atoms with Gasteiger partial charge in [0.05, 0.1) is 10.1 Å². The van der Waals surface area contributed by atoms with Crippen molar-refractivity contribution < 1.29 is 47.3 Å². The van der Waals surface area contributed by atoms with Crippen molar-refractivity contribution in [3.63, 3.8) is 0 Å². The minimum atomic E-state index is -4.18. The fraction of sp³-hybridized carbons (Fsp3) is 0.875. The summed E-state index contributed by atoms with van der Waals surface area (Å²) in [4.78, 5) is 11.1. The predicted molar refractivity (Wildman–Crippen MR) is 55.5 cm³/mol. The fourth-order valence-electron chi connectivity index (χ4n) is 0.836. The Morgan fingerprint density at radius 1 is 1.31 bits per heavy atom. The largest absolute Gasteiger partial charge is 1.00 e. The van der Waals surface area contributed by atoms with E-state index in [2.05, 4.69) is 10.6 Å². The molecule has 2 N–H and O–H groups in total. The minimum absolute atomic E-state index is 0. The normalized spacial score (nSPS) is 11.5. The second-order valence-corrected chi connectivity index (χ2v) is 5.77. The van der Waals surface area contributed by atoms with E-state index >= 15 is 0 Å². The van der Waals surface area contributed by atoms with Crippen molar-refractivity contribution in [1.82, 2.24) is 10.6 Å². The Labute approximate surface area is 119 Å². The molecule has 0 unspecified atom stereocenters. The number of rotatable bonds is 4. The van der Waals surface area contributed by atoms with Crippen molar-refractivity contribution in [1.29, 1.82) is 0 Å². The van der Waals surface area contributed by atoms with Gasteiger partial charge >= 0.3 is 35.6 Å². The third-order valence-corrected chi connectivity index (χ3v) is 2.13. The zero-order valence-electron chi connectivity index (χ0n) is 10.2. The maximum Gasteiger partial charge on any atom is 1.00 e. The topological polar surface area (TPSA) is 98.3 Å². The molecule has 0 rings (SSSR count). The molecule has 0 aromatic rings. The van der Waals surface area contributed by atoms with Gasteiger partial charge in [0.1, 0.15) is 0 Å². The van der Waals surface area contributed by atoms with E-state index in [0.29, 0.717) is 0 Å². The average Bonchev–Trinajstić information content (AvgIpc) is 1.92. The van der Waals surface area contributed by atoms with Crippen LogP contribution in [0.3, 0.4) is 0 Å². The van der Waals surface area contributed by atoms with Crippen molar-refractivity contribution in [3.8, 4) is 0 Å². The third-order valence-electron chi connectivity index (χ3n) is 1.35. The molecule has 0 aliphatic rings. The molecule has 0 bridgehead atoms. The number of carbonyl (C=O) groups is 1. The Morgan fingerprint density at radius 2 is 1.81 bits per heavy atom. The first kappa shape index (κ1) is 18.5. The molecule has 0 aliphatic carbocycles. The molecule has 0 heterocycles. The SMILES string of the molecule is CC(C)(C)NC(=O)NCCCS(=O)(=O)[O-].[Na+]. The first-order valence-corrected chi connectivity index (χ1v) is 6.17. The summed E-state index contributed by atoms with van der Waals surface area (Å²) in [5.74, 6) is -0.456. The molecule has 2 amide bonds. The van der Waals surface area contributed by atoms with Crippen molar-refractivity contribution in [2.24, 2.45) is 0 Å². The van der Waals surface area contributed by atoms with Crippen LogP contribution in [0, 0.1) is 0 Å². The Balaban J connectivity index is 0. The maximum absolute atomic E-state index is 11.1. The van der Waals surface area contributed by atoms with E-state index < -0.39 is 15.9 Å². The van der Waals surface area contributed by atoms with Crippen LogP contribution in [0.2, 0.25) is 0 Å². The third kappa shape index (κ3) is 14.2. The summed E-state index contributed by atoms with van der Waals surface area (Å²) in [6.45, 7) is 5.65. The molecule has 6 nitrogen and oxygen atoms in total. The van der Waals surface area contributed by atoms with Gasteiger partial charge in [-0.3, -0.25) is 0 Å². The smallest absolute Gasteiger partial charge is 0.748 e. The van der Waals surface area contributed by atoms with Gasteiger partial charge < -0.3 is 15.2 Å². The molecule has 0 fully saturated rings. The van der Waals surface area contributed by atoms with Crippen LogP contribution in [0.5, 0.6) is 0 Å². The summed E-state index contributed by atoms with van der Waals surface area (Å²) in [6.07, 6.45) is 0.128. The van der Waals surface area contributed by atoms with Gasteiger partial charge in [-0.05, 0) is 27.2 Å². The number of nitrogens with one attached hydrogen (secondary N) is 2. The van der Waals surface area contributed by atoms with E-state index in [1.54, 1.807) is 0 Å². The van der Waals surface area contributed by atoms with Crippen molar-refractivity contribution >= 4 is 16.1 Å². The quantitative estimate of drug-likeness (QED) is 0.320. The van der Waals surface area contributed by atoms with E-state index in [4.69, 9.17) is 0 Å². The molecule has 0 aromatic carbocycles. The molecule has 0 aromatic heterocycles. The molecular weight excluding hydrogens is 243 g/mol. The van der Waals surface area contributed by atoms with Crippen molar-refractivity contribution in [2.45, 2.75) is 32.7 Å². The maximum atomic E-state index is 11.1. The zero-order valence-corrected chi connectivity index (χ0v) is 13.0. The van der Waals surface area contributed by atoms with Gasteiger partial charge in [-0.25, -0.2) is 13.2 Å². The molecule has 0 radical (unpaired) electrons. The standard InChI is InChI=1S/C8H18N2O4S.Na/c1-8(2,3)10-7(11)9-5-4-6-15(12,13)14;/h4-6H2,1-3H3,(H2,9,10,11)(H,12,13,14);/q;+1/p-1. The van der Waals surface area contributed by atoms with Gasteiger partial charge in [0.2, 0.25) is 0 Å². The zero-order chi connectivity index (χ0) is 12.1. The van der Waals surface area contributed by atoms with Gasteiger partial charge in [0.25, 0.3) is 0 Å². The van der Waals surface area contributed by atoms with E-state index in [-0.39, 0.29) is 54.1 Å². The summed E-state index contributed by atoms with van der Waals surface area (Å²) < 4.78 is 30.7. The number of urea groups is 1. The summed E-state index contributed by atoms with van der Waals surface area (Å²) in [7, 11) is -4.18. The molecule has 16 heavy (non-hydrogen) atoms. The van der Waals surface area contributed by atoms with Crippen LogP contribution in [-0.4, -0.2) is 36.8 Å². The number of hydrogen-bond acceptors (Lipinski definition) is 4. The Bertz CT molecular complexity index is 310. The average molecular weight is 260 g/mol. The Hall–Kier alpha value is 0.180. The second kappa shape index (κ2) is 7.50. The molecule has 8 heteroatoms. The van der Waals surface area contributed by atoms with E-state index in [1.807, 2.05) is 20.8 Å². The predicted octanol–water partition coefficient (Wildman–Crippen LogP) is -2.98. The summed E-state index contributed by atoms with van der Waals surface area (Å²) in [5, 5.41) is 5.10. The number of hydrogen-bond donors (Lipinski definition) is 2. The van der Waals surface area contributed by atoms with Crippen LogP contribution in [0.25, 0.3) is 0 Å². The van der Waals surface area contributed by atoms with Crippen LogP contribution in [0.4, 0.5) is 4.79 Å². The first-order chi connectivity index (χ1) is 6.60. The van der Waals surface area contributed by atoms with Crippen molar-refractivity contribution in [2.75, 3.05) is 12.3 Å². The van der Waals surface area contributed by atoms with Gasteiger partial charge in [-0.2, -0.15) is 0 Å². The van der Waals surface area contributed by atoms with E-state index in [9.17, 15) is 17.8 Å². The van der Waals surface area contributed by atoms with Crippen LogP contribution >= 0.6 is 0 Å². The molecular formula is C8H17N2NaO4S. The van der Waals surface area contributed by atoms with Crippen LogP contribution in [0.1, 0.15) is 27.2 Å². The first-order valence-electron chi connectivity index (χ1n) is 4.60. The van der Waals surface area contributed by atoms with Crippen LogP contribution in [0.15, 0.2) is 0 Å². The van der Waals surface area contributed by atoms with Gasteiger partial charge in [0, 0.05) is 17.8 Å². The Morgan fingerprint density at radius 3 is 2.19 bits per heavy atom. The molecule has 0 atom stereocenters. The van der Waals surface area contributed by atoms with E-state index in [0.717, 1.165) is 0 Å². The molecule has 90 valence electrons. The fourth-order valence-corrected chi connectivity index (χ4v) is 1.33. The monoisotopic (exact) mass is 260 g/mol. The van der Waals surface area contributed by atoms with Gasteiger partial charge in [0.15, 0.2) is 0 Å². The molecule has 0 spiro atoms. The summed E-state index contributed by atoms with van der Waals surface area (Å²) in [6, 6.07) is -0.370. The van der Waals surface area contributed by atoms with Crippen LogP contribution in [-0.2, 0) is 10.1 Å². The van der Waals surface area contributed by atoms with Gasteiger partial charge in [-0.15, -0.1) is 0 Å². The minimum Gasteiger partial charge on any atom is -0.748 e. The molecule has 0 saturated carbocycles. The Kier molecular flexibility index (Phi) is 8.69. The van der Waals surface area contributed by atoms with Crippen molar-refractivity contribution in [3.05, 3.63) is 0 Å². The van der Waals surface area contributed by atoms with Crippen LogP contribution < -0.4 is 40.2 Å².